The number of fused-ring (bicyclic) bond motifs is 1. The number of carbonyl (C=O) groups is 1. The number of imidazole rings is 1. The predicted octanol–water partition coefficient (Wildman–Crippen LogP) is 2.21. The van der Waals surface area contributed by atoms with Gasteiger partial charge in [0.1, 0.15) is 11.6 Å². The molecular formula is C21H16B3N5O. The molecule has 0 aliphatic rings. The van der Waals surface area contributed by atoms with Gasteiger partial charge in [-0.1, -0.05) is 17.7 Å². The van der Waals surface area contributed by atoms with E-state index in [1.54, 1.807) is 48.9 Å². The maximum Gasteiger partial charge on any atom is 0.256 e. The summed E-state index contributed by atoms with van der Waals surface area (Å²) in [5.74, 6) is 1.03. The van der Waals surface area contributed by atoms with Crippen LogP contribution in [-0.4, -0.2) is 49.0 Å². The van der Waals surface area contributed by atoms with Crippen molar-refractivity contribution < 1.29 is 4.79 Å². The lowest BCUT2D eigenvalue weighted by molar-refractivity contribution is 0.102. The molecule has 140 valence electrons. The van der Waals surface area contributed by atoms with E-state index >= 15 is 0 Å². The van der Waals surface area contributed by atoms with E-state index in [1.807, 2.05) is 24.6 Å². The molecule has 0 spiro atoms. The molecule has 1 aromatic carbocycles. The molecule has 0 bridgehead atoms. The van der Waals surface area contributed by atoms with Crippen molar-refractivity contribution >= 4 is 46.0 Å². The molecule has 0 saturated carbocycles. The summed E-state index contributed by atoms with van der Waals surface area (Å²) in [6, 6.07) is 10.2. The van der Waals surface area contributed by atoms with Gasteiger partial charge in [0.15, 0.2) is 0 Å². The van der Waals surface area contributed by atoms with Crippen LogP contribution in [0.25, 0.3) is 22.2 Å². The highest BCUT2D eigenvalue weighted by atomic mass is 16.1. The minimum atomic E-state index is -1.45. The van der Waals surface area contributed by atoms with Crippen LogP contribution in [0, 0.1) is 6.92 Å². The van der Waals surface area contributed by atoms with E-state index < -0.39 is 5.11 Å². The summed E-state index contributed by atoms with van der Waals surface area (Å²) >= 11 is 0. The second kappa shape index (κ2) is 7.48. The van der Waals surface area contributed by atoms with E-state index in [1.165, 1.54) is 0 Å². The van der Waals surface area contributed by atoms with Crippen molar-refractivity contribution in [1.29, 1.82) is 0 Å². The molecule has 0 aliphatic heterocycles. The first-order valence-corrected chi connectivity index (χ1v) is 9.25. The first-order valence-electron chi connectivity index (χ1n) is 9.25. The Labute approximate surface area is 178 Å². The van der Waals surface area contributed by atoms with Crippen LogP contribution in [0.3, 0.4) is 0 Å². The van der Waals surface area contributed by atoms with Gasteiger partial charge in [0.05, 0.1) is 41.1 Å². The molecule has 3 aromatic heterocycles. The number of benzene rings is 1. The number of hydrogen-bond donors (Lipinski definition) is 1. The fourth-order valence-electron chi connectivity index (χ4n) is 3.09. The van der Waals surface area contributed by atoms with Gasteiger partial charge in [-0.3, -0.25) is 9.78 Å². The van der Waals surface area contributed by atoms with Gasteiger partial charge in [0.2, 0.25) is 0 Å². The van der Waals surface area contributed by atoms with Gasteiger partial charge in [-0.25, -0.2) is 9.97 Å². The van der Waals surface area contributed by atoms with E-state index in [2.05, 4.69) is 20.3 Å². The smallest absolute Gasteiger partial charge is 0.256 e. The first-order chi connectivity index (χ1) is 14.2. The molecule has 6 nitrogen and oxygen atoms in total. The molecule has 1 amide bonds. The molecule has 0 saturated heterocycles. The Morgan fingerprint density at radius 3 is 2.30 bits per heavy atom. The van der Waals surface area contributed by atoms with Crippen LogP contribution in [-0.2, 0) is 12.2 Å². The second-order valence-electron chi connectivity index (χ2n) is 7.20. The average molecular weight is 387 g/mol. The van der Waals surface area contributed by atoms with Crippen molar-refractivity contribution in [2.24, 2.45) is 7.05 Å². The lowest BCUT2D eigenvalue weighted by Crippen LogP contribution is -2.27. The van der Waals surface area contributed by atoms with E-state index in [-0.39, 0.29) is 5.91 Å². The fraction of sp³-hybridized carbons (Fsp3) is 0.143. The molecule has 0 unspecified atom stereocenters. The van der Waals surface area contributed by atoms with Crippen LogP contribution in [0.1, 0.15) is 21.7 Å². The first kappa shape index (κ1) is 19.9. The summed E-state index contributed by atoms with van der Waals surface area (Å²) in [5, 5.41) is 3.12. The number of nitrogens with one attached hydrogen (secondary N) is 1. The summed E-state index contributed by atoms with van der Waals surface area (Å²) in [7, 11) is 18.9. The molecule has 4 aromatic rings. The Balaban J connectivity index is 1.60. The highest BCUT2D eigenvalue weighted by molar-refractivity contribution is 6.58. The minimum absolute atomic E-state index is 0.304. The van der Waals surface area contributed by atoms with Gasteiger partial charge in [-0.15, -0.1) is 5.11 Å². The van der Waals surface area contributed by atoms with Crippen molar-refractivity contribution in [2.75, 3.05) is 5.32 Å². The molecule has 9 heteroatoms. The van der Waals surface area contributed by atoms with Gasteiger partial charge in [0.25, 0.3) is 5.91 Å². The Bertz CT molecular complexity index is 1250. The molecule has 0 fully saturated rings. The minimum Gasteiger partial charge on any atom is -0.330 e. The third kappa shape index (κ3) is 3.88. The molecule has 4 rings (SSSR count). The molecule has 0 atom stereocenters. The number of hydrogen-bond acceptors (Lipinski definition) is 4. The predicted molar refractivity (Wildman–Crippen MR) is 120 cm³/mol. The third-order valence-electron chi connectivity index (χ3n) is 4.97. The Morgan fingerprint density at radius 1 is 0.967 bits per heavy atom. The molecule has 0 aliphatic carbocycles. The summed E-state index contributed by atoms with van der Waals surface area (Å²) in [5.41, 5.74) is 2.66. The Morgan fingerprint density at radius 2 is 1.67 bits per heavy atom. The monoisotopic (exact) mass is 387 g/mol. The zero-order valence-electron chi connectivity index (χ0n) is 16.6. The number of rotatable bonds is 4. The zero-order valence-corrected chi connectivity index (χ0v) is 16.6. The molecule has 1 N–H and O–H groups in total. The van der Waals surface area contributed by atoms with E-state index in [0.717, 1.165) is 28.0 Å². The number of pyridine rings is 2. The van der Waals surface area contributed by atoms with Crippen LogP contribution in [0.4, 0.5) is 5.82 Å². The largest absolute Gasteiger partial charge is 0.330 e. The maximum atomic E-state index is 12.6. The van der Waals surface area contributed by atoms with Crippen molar-refractivity contribution in [3.05, 3.63) is 71.9 Å². The van der Waals surface area contributed by atoms with Crippen molar-refractivity contribution in [3.8, 4) is 11.4 Å². The van der Waals surface area contributed by atoms with Crippen LogP contribution in [0.2, 0.25) is 0 Å². The summed E-state index contributed by atoms with van der Waals surface area (Å²) < 4.78 is 1.97. The quantitative estimate of drug-likeness (QED) is 0.546. The standard InChI is InChI=1S/C21H16B3N5O/c1-12-25-11-18(29(12)2)17-7-14-8-19(27-10-15(14)9-26-17)28-20(30)13-3-5-16(6-4-13)21(22,23)24/h3-11H,1-2H3,(H,27,28,30). The Kier molecular flexibility index (Phi) is 4.98. The third-order valence-corrected chi connectivity index (χ3v) is 4.97. The zero-order chi connectivity index (χ0) is 21.5. The lowest BCUT2D eigenvalue weighted by Gasteiger charge is -2.20. The van der Waals surface area contributed by atoms with Crippen molar-refractivity contribution in [2.45, 2.75) is 12.0 Å². The van der Waals surface area contributed by atoms with Crippen LogP contribution in [0.15, 0.2) is 55.0 Å². The second-order valence-corrected chi connectivity index (χ2v) is 7.20. The highest BCUT2D eigenvalue weighted by Gasteiger charge is 2.14. The number of nitrogens with zero attached hydrogens (tertiary/aromatic N) is 4. The maximum absolute atomic E-state index is 12.6. The summed E-state index contributed by atoms with van der Waals surface area (Å²) in [4.78, 5) is 25.7. The average Bonchev–Trinajstić information content (AvgIpc) is 3.05. The normalized spacial score (nSPS) is 11.5. The highest BCUT2D eigenvalue weighted by Crippen LogP contribution is 2.24. The molecular weight excluding hydrogens is 371 g/mol. The van der Waals surface area contributed by atoms with Gasteiger partial charge < -0.3 is 9.88 Å². The summed E-state index contributed by atoms with van der Waals surface area (Å²) in [6.07, 6.45) is 5.21. The van der Waals surface area contributed by atoms with Crippen molar-refractivity contribution in [1.82, 2.24) is 19.5 Å². The van der Waals surface area contributed by atoms with E-state index in [9.17, 15) is 4.79 Å². The van der Waals surface area contributed by atoms with Crippen molar-refractivity contribution in [3.63, 3.8) is 0 Å². The van der Waals surface area contributed by atoms with E-state index in [0.29, 0.717) is 16.9 Å². The van der Waals surface area contributed by atoms with Crippen LogP contribution < -0.4 is 5.32 Å². The SMILES string of the molecule is [B]C([B])([B])c1ccc(C(=O)Nc2cc3cc(-c4cnc(C)n4C)ncc3cn2)cc1. The molecule has 6 radical (unpaired) electrons. The van der Waals surface area contributed by atoms with Crippen LogP contribution in [0.5, 0.6) is 0 Å². The van der Waals surface area contributed by atoms with Gasteiger partial charge >= 0.3 is 0 Å². The molecule has 30 heavy (non-hydrogen) atoms. The van der Waals surface area contributed by atoms with Gasteiger partial charge in [-0.05, 0) is 36.6 Å². The number of carbonyl (C=O) groups excluding carboxylic acids is 1. The number of aryl methyl sites for hydroxylation is 1. The van der Waals surface area contributed by atoms with Gasteiger partial charge in [0, 0.05) is 30.4 Å². The fourth-order valence-corrected chi connectivity index (χ4v) is 3.09. The number of amides is 1. The molecule has 3 heterocycles. The number of anilines is 1. The number of aromatic nitrogens is 4. The lowest BCUT2D eigenvalue weighted by atomic mass is 9.40. The summed E-state index contributed by atoms with van der Waals surface area (Å²) in [6.45, 7) is 1.93. The Hall–Kier alpha value is -3.35. The topological polar surface area (TPSA) is 72.7 Å². The van der Waals surface area contributed by atoms with Gasteiger partial charge in [-0.2, -0.15) is 0 Å². The van der Waals surface area contributed by atoms with Crippen LogP contribution >= 0.6 is 0 Å². The van der Waals surface area contributed by atoms with E-state index in [4.69, 9.17) is 23.5 Å².